The molecule has 0 radical (unpaired) electrons. The van der Waals surface area contributed by atoms with Gasteiger partial charge >= 0.3 is 23.3 Å². The molecule has 0 aliphatic heterocycles. The van der Waals surface area contributed by atoms with Crippen molar-refractivity contribution in [2.75, 3.05) is 0 Å². The minimum absolute atomic E-state index is 0.715. The van der Waals surface area contributed by atoms with Gasteiger partial charge in [-0.05, 0) is 0 Å². The predicted molar refractivity (Wildman–Crippen MR) is 38.1 cm³/mol. The maximum atomic E-state index is 10.5. The highest BCUT2D eigenvalue weighted by Crippen LogP contribution is 2.58. The van der Waals surface area contributed by atoms with E-state index in [0.29, 0.717) is 4.86 Å². The topological polar surface area (TPSA) is 174 Å². The van der Waals surface area contributed by atoms with Crippen LogP contribution >= 0.6 is 23.3 Å². The molecule has 0 aromatic rings. The second-order valence-electron chi connectivity index (χ2n) is 1.74. The largest absolute Gasteiger partial charge is 0.477 e. The third kappa shape index (κ3) is 8.73. The molecule has 13 heteroatoms. The Morgan fingerprint density at radius 1 is 0.923 bits per heavy atom. The average Bonchev–Trinajstić information content (AvgIpc) is 1.43. The van der Waals surface area contributed by atoms with Crippen molar-refractivity contribution >= 4 is 23.3 Å². The van der Waals surface area contributed by atoms with Crippen LogP contribution in [0, 0.1) is 0 Å². The second-order valence-corrected chi connectivity index (χ2v) is 6.30. The molecule has 0 rings (SSSR count). The molecule has 0 spiro atoms. The molecule has 0 aliphatic rings. The fourth-order valence-electron chi connectivity index (χ4n) is 0.327. The van der Waals surface area contributed by atoms with Crippen molar-refractivity contribution < 1.29 is 42.5 Å². The van der Waals surface area contributed by atoms with Gasteiger partial charge in [0.05, 0.1) is 0 Å². The fourth-order valence-corrected chi connectivity index (χ4v) is 3.27. The summed E-state index contributed by atoms with van der Waals surface area (Å²) in [5.74, 6) is 0. The molecule has 0 saturated heterocycles. The minimum atomic E-state index is -5.29. The maximum absolute atomic E-state index is 10.5. The second kappa shape index (κ2) is 3.88. The summed E-state index contributed by atoms with van der Waals surface area (Å²) in [6.07, 6.45) is 0. The first-order valence-electron chi connectivity index (χ1n) is 2.36. The summed E-state index contributed by atoms with van der Waals surface area (Å²) in [7, 11) is -15.6. The summed E-state index contributed by atoms with van der Waals surface area (Å²) in [6, 6.07) is 0. The number of hydrogen-bond acceptors (Lipinski definition) is 4. The van der Waals surface area contributed by atoms with E-state index in [9.17, 15) is 13.7 Å². The zero-order valence-electron chi connectivity index (χ0n) is 5.71. The van der Waals surface area contributed by atoms with E-state index in [1.165, 1.54) is 0 Å². The Kier molecular flexibility index (Phi) is 4.00. The lowest BCUT2D eigenvalue weighted by atomic mass is 13.9. The van der Waals surface area contributed by atoms with Crippen LogP contribution in [-0.2, 0) is 18.0 Å². The van der Waals surface area contributed by atoms with Crippen molar-refractivity contribution in [3.05, 3.63) is 0 Å². The van der Waals surface area contributed by atoms with Gasteiger partial charge in [0, 0.05) is 0 Å². The molecule has 0 fully saturated rings. The van der Waals surface area contributed by atoms with Crippen LogP contribution in [0.4, 0.5) is 0 Å². The minimum Gasteiger partial charge on any atom is -0.312 e. The quantitative estimate of drug-likeness (QED) is 0.338. The van der Waals surface area contributed by atoms with Crippen LogP contribution in [0.2, 0.25) is 0 Å². The van der Waals surface area contributed by atoms with Crippen LogP contribution in [0.1, 0.15) is 0 Å². The molecule has 0 heterocycles. The lowest BCUT2D eigenvalue weighted by molar-refractivity contribution is 0.260. The lowest BCUT2D eigenvalue weighted by Gasteiger charge is -2.13. The maximum Gasteiger partial charge on any atom is 0.477 e. The molecule has 10 nitrogen and oxygen atoms in total. The van der Waals surface area contributed by atoms with Crippen molar-refractivity contribution in [3.63, 3.8) is 0 Å². The highest BCUT2D eigenvalue weighted by atomic mass is 31.3. The van der Waals surface area contributed by atoms with Crippen molar-refractivity contribution in [1.82, 2.24) is 4.86 Å². The van der Waals surface area contributed by atoms with Gasteiger partial charge in [-0.25, -0.2) is 13.7 Å². The molecular weight excluding hydrogens is 251 g/mol. The molecule has 0 bridgehead atoms. The Morgan fingerprint density at radius 2 is 1.31 bits per heavy atom. The van der Waals surface area contributed by atoms with Crippen molar-refractivity contribution in [2.24, 2.45) is 0 Å². The summed E-state index contributed by atoms with van der Waals surface area (Å²) in [6.45, 7) is 0. The number of hydrogen-bond donors (Lipinski definition) is 6. The molecule has 0 aliphatic carbocycles. The first-order chi connectivity index (χ1) is 5.41. The molecule has 0 amide bonds. The summed E-state index contributed by atoms with van der Waals surface area (Å²) in [5, 5.41) is 0. The summed E-state index contributed by atoms with van der Waals surface area (Å²) in [4.78, 5) is 41.3. The summed E-state index contributed by atoms with van der Waals surface area (Å²) in [5.41, 5.74) is 0. The average molecular weight is 257 g/mol. The third-order valence-corrected chi connectivity index (χ3v) is 4.26. The Hall–Kier alpha value is 0.410. The molecule has 0 saturated carbocycles. The van der Waals surface area contributed by atoms with Gasteiger partial charge in [0.1, 0.15) is 0 Å². The highest BCUT2D eigenvalue weighted by molar-refractivity contribution is 7.70. The lowest BCUT2D eigenvalue weighted by Crippen LogP contribution is -2.07. The molecule has 0 unspecified atom stereocenters. The molecule has 0 aromatic heterocycles. The highest BCUT2D eigenvalue weighted by Gasteiger charge is 2.36. The van der Waals surface area contributed by atoms with Gasteiger partial charge < -0.3 is 24.5 Å². The van der Waals surface area contributed by atoms with E-state index >= 15 is 0 Å². The first kappa shape index (κ1) is 13.4. The predicted octanol–water partition coefficient (Wildman–Crippen LogP) is -1.12. The van der Waals surface area contributed by atoms with E-state index in [4.69, 9.17) is 24.5 Å². The van der Waals surface area contributed by atoms with Crippen LogP contribution in [0.3, 0.4) is 0 Å². The SMILES string of the molecule is O=P(O)(O)N[P@@](=O)(O)OP(=O)(O)O. The van der Waals surface area contributed by atoms with Crippen molar-refractivity contribution in [2.45, 2.75) is 0 Å². The Morgan fingerprint density at radius 3 is 1.54 bits per heavy atom. The zero-order chi connectivity index (χ0) is 10.9. The molecule has 80 valence electrons. The van der Waals surface area contributed by atoms with Gasteiger partial charge in [-0.15, -0.1) is 4.86 Å². The molecule has 1 atom stereocenters. The Labute approximate surface area is 71.6 Å². The van der Waals surface area contributed by atoms with E-state index in [0.717, 1.165) is 0 Å². The van der Waals surface area contributed by atoms with E-state index in [-0.39, 0.29) is 0 Å². The van der Waals surface area contributed by atoms with E-state index in [2.05, 4.69) is 4.31 Å². The Bertz CT molecular complexity index is 277. The molecule has 6 N–H and O–H groups in total. The summed E-state index contributed by atoms with van der Waals surface area (Å²) >= 11 is 0. The van der Waals surface area contributed by atoms with E-state index in [1.807, 2.05) is 0 Å². The smallest absolute Gasteiger partial charge is 0.312 e. The zero-order valence-corrected chi connectivity index (χ0v) is 8.39. The molecule has 13 heavy (non-hydrogen) atoms. The monoisotopic (exact) mass is 257 g/mol. The van der Waals surface area contributed by atoms with Crippen LogP contribution in [0.5, 0.6) is 0 Å². The van der Waals surface area contributed by atoms with Gasteiger partial charge in [-0.1, -0.05) is 0 Å². The normalized spacial score (nSPS) is 18.2. The van der Waals surface area contributed by atoms with Crippen LogP contribution in [0.15, 0.2) is 0 Å². The van der Waals surface area contributed by atoms with Gasteiger partial charge in [-0.3, -0.25) is 0 Å². The number of phosphoric acid groups is 1. The van der Waals surface area contributed by atoms with Crippen molar-refractivity contribution in [1.29, 1.82) is 0 Å². The van der Waals surface area contributed by atoms with Gasteiger partial charge in [0.15, 0.2) is 0 Å². The first-order valence-corrected chi connectivity index (χ1v) is 7.08. The van der Waals surface area contributed by atoms with E-state index in [1.54, 1.807) is 0 Å². The van der Waals surface area contributed by atoms with E-state index < -0.39 is 23.3 Å². The number of rotatable bonds is 4. The molecular formula is H6NO9P3. The fraction of sp³-hybridized carbons (Fsp3) is 0. The van der Waals surface area contributed by atoms with Crippen LogP contribution in [-0.4, -0.2) is 24.5 Å². The Balaban J connectivity index is 4.54. The van der Waals surface area contributed by atoms with Crippen molar-refractivity contribution in [3.8, 4) is 0 Å². The summed E-state index contributed by atoms with van der Waals surface area (Å²) < 4.78 is 33.7. The van der Waals surface area contributed by atoms with Crippen LogP contribution < -0.4 is 4.86 Å². The van der Waals surface area contributed by atoms with Crippen LogP contribution in [0.25, 0.3) is 0 Å². The van der Waals surface area contributed by atoms with Gasteiger partial charge in [-0.2, -0.15) is 4.31 Å². The van der Waals surface area contributed by atoms with Gasteiger partial charge in [0.2, 0.25) is 0 Å². The molecule has 0 aromatic carbocycles. The van der Waals surface area contributed by atoms with Gasteiger partial charge in [0.25, 0.3) is 0 Å². The third-order valence-electron chi connectivity index (χ3n) is 0.474. The number of nitrogens with one attached hydrogen (secondary N) is 1. The standard InChI is InChI=1S/H6NO9P3/c2-11(3,4)1-12(5,6)10-13(7,8)9/h(H2,7,8,9)(H4,1,2,3,4,5,6).